The molecule has 0 spiro atoms. The molecule has 2 N–H and O–H groups in total. The first-order chi connectivity index (χ1) is 13.5. The van der Waals surface area contributed by atoms with E-state index in [-0.39, 0.29) is 11.3 Å². The number of nitrogens with zero attached hydrogens (tertiary/aromatic N) is 2. The third-order valence-electron chi connectivity index (χ3n) is 3.71. The molecule has 0 aliphatic carbocycles. The number of halogens is 2. The SMILES string of the molecule is N#Cc1cccc(NC(=O)c2cc(C(=O)Nc3c(F)cccc3F)ccn2)c1. The summed E-state index contributed by atoms with van der Waals surface area (Å²) < 4.78 is 27.4. The van der Waals surface area contributed by atoms with Gasteiger partial charge in [-0.05, 0) is 42.5 Å². The molecule has 0 aliphatic rings. The molecular formula is C20H12F2N4O2. The maximum atomic E-state index is 13.7. The maximum Gasteiger partial charge on any atom is 0.274 e. The lowest BCUT2D eigenvalue weighted by Gasteiger charge is -2.09. The zero-order valence-corrected chi connectivity index (χ0v) is 14.2. The number of amides is 2. The molecule has 6 nitrogen and oxygen atoms in total. The lowest BCUT2D eigenvalue weighted by molar-refractivity contribution is 0.102. The van der Waals surface area contributed by atoms with E-state index in [4.69, 9.17) is 5.26 Å². The van der Waals surface area contributed by atoms with Crippen LogP contribution >= 0.6 is 0 Å². The van der Waals surface area contributed by atoms with E-state index in [0.717, 1.165) is 12.1 Å². The van der Waals surface area contributed by atoms with E-state index in [1.807, 2.05) is 6.07 Å². The summed E-state index contributed by atoms with van der Waals surface area (Å²) in [4.78, 5) is 28.5. The molecule has 28 heavy (non-hydrogen) atoms. The van der Waals surface area contributed by atoms with E-state index >= 15 is 0 Å². The molecule has 0 saturated carbocycles. The van der Waals surface area contributed by atoms with Gasteiger partial charge in [-0.3, -0.25) is 14.6 Å². The summed E-state index contributed by atoms with van der Waals surface area (Å²) in [5.41, 5.74) is 0.0844. The Balaban J connectivity index is 1.78. The molecule has 0 saturated heterocycles. The highest BCUT2D eigenvalue weighted by molar-refractivity contribution is 6.07. The van der Waals surface area contributed by atoms with E-state index in [0.29, 0.717) is 11.3 Å². The fourth-order valence-corrected chi connectivity index (χ4v) is 2.36. The largest absolute Gasteiger partial charge is 0.321 e. The minimum atomic E-state index is -0.919. The van der Waals surface area contributed by atoms with Crippen LogP contribution in [0.2, 0.25) is 0 Å². The summed E-state index contributed by atoms with van der Waals surface area (Å²) in [5, 5.41) is 13.6. The van der Waals surface area contributed by atoms with Crippen LogP contribution in [0, 0.1) is 23.0 Å². The van der Waals surface area contributed by atoms with E-state index in [9.17, 15) is 18.4 Å². The van der Waals surface area contributed by atoms with Crippen molar-refractivity contribution in [2.75, 3.05) is 10.6 Å². The third kappa shape index (κ3) is 4.16. The number of carbonyl (C=O) groups is 2. The Morgan fingerprint density at radius 1 is 0.929 bits per heavy atom. The zero-order chi connectivity index (χ0) is 20.1. The highest BCUT2D eigenvalue weighted by Gasteiger charge is 2.16. The number of aromatic nitrogens is 1. The lowest BCUT2D eigenvalue weighted by atomic mass is 10.2. The third-order valence-corrected chi connectivity index (χ3v) is 3.71. The molecule has 3 aromatic rings. The van der Waals surface area contributed by atoms with Crippen molar-refractivity contribution in [1.29, 1.82) is 5.26 Å². The molecule has 0 aliphatic heterocycles. The van der Waals surface area contributed by atoms with Gasteiger partial charge in [-0.1, -0.05) is 12.1 Å². The minimum absolute atomic E-state index is 0.00595. The van der Waals surface area contributed by atoms with Crippen LogP contribution in [-0.4, -0.2) is 16.8 Å². The van der Waals surface area contributed by atoms with Gasteiger partial charge in [-0.25, -0.2) is 8.78 Å². The predicted octanol–water partition coefficient (Wildman–Crippen LogP) is 3.74. The van der Waals surface area contributed by atoms with Gasteiger partial charge < -0.3 is 10.6 Å². The van der Waals surface area contributed by atoms with Crippen LogP contribution in [0.5, 0.6) is 0 Å². The number of benzene rings is 2. The van der Waals surface area contributed by atoms with Gasteiger partial charge in [0.1, 0.15) is 23.0 Å². The van der Waals surface area contributed by atoms with Crippen LogP contribution in [0.15, 0.2) is 60.8 Å². The Morgan fingerprint density at radius 2 is 1.64 bits per heavy atom. The second-order valence-electron chi connectivity index (χ2n) is 5.63. The Labute approximate surface area is 158 Å². The lowest BCUT2D eigenvalue weighted by Crippen LogP contribution is -2.18. The van der Waals surface area contributed by atoms with Crippen LogP contribution in [0.1, 0.15) is 26.4 Å². The predicted molar refractivity (Wildman–Crippen MR) is 97.7 cm³/mol. The van der Waals surface area contributed by atoms with E-state index in [1.54, 1.807) is 18.2 Å². The number of nitrogens with one attached hydrogen (secondary N) is 2. The number of para-hydroxylation sites is 1. The molecule has 0 bridgehead atoms. The van der Waals surface area contributed by atoms with Gasteiger partial charge in [0, 0.05) is 17.4 Å². The molecule has 138 valence electrons. The summed E-state index contributed by atoms with van der Waals surface area (Å²) in [6.45, 7) is 0. The topological polar surface area (TPSA) is 94.9 Å². The Kier molecular flexibility index (Phi) is 5.37. The average molecular weight is 378 g/mol. The zero-order valence-electron chi connectivity index (χ0n) is 14.2. The van der Waals surface area contributed by atoms with Gasteiger partial charge in [0.05, 0.1) is 11.6 Å². The number of rotatable bonds is 4. The van der Waals surface area contributed by atoms with Crippen molar-refractivity contribution in [2.45, 2.75) is 0 Å². The molecule has 0 unspecified atom stereocenters. The van der Waals surface area contributed by atoms with Crippen molar-refractivity contribution in [1.82, 2.24) is 4.98 Å². The molecule has 0 atom stereocenters. The summed E-state index contributed by atoms with van der Waals surface area (Å²) in [6.07, 6.45) is 1.23. The quantitative estimate of drug-likeness (QED) is 0.723. The molecule has 2 amide bonds. The van der Waals surface area contributed by atoms with E-state index < -0.39 is 29.1 Å². The fourth-order valence-electron chi connectivity index (χ4n) is 2.36. The Bertz CT molecular complexity index is 1090. The molecule has 8 heteroatoms. The summed E-state index contributed by atoms with van der Waals surface area (Å²) >= 11 is 0. The first kappa shape index (κ1) is 18.7. The molecule has 0 radical (unpaired) electrons. The summed E-state index contributed by atoms with van der Waals surface area (Å²) in [6, 6.07) is 13.9. The van der Waals surface area contributed by atoms with Crippen molar-refractivity contribution in [3.8, 4) is 6.07 Å². The number of hydrogen-bond donors (Lipinski definition) is 2. The van der Waals surface area contributed by atoms with Crippen molar-refractivity contribution >= 4 is 23.2 Å². The number of pyridine rings is 1. The average Bonchev–Trinajstić information content (AvgIpc) is 2.71. The van der Waals surface area contributed by atoms with E-state index in [2.05, 4.69) is 15.6 Å². The van der Waals surface area contributed by atoms with Crippen molar-refractivity contribution in [3.05, 3.63) is 89.2 Å². The van der Waals surface area contributed by atoms with Crippen LogP contribution in [0.3, 0.4) is 0 Å². The van der Waals surface area contributed by atoms with Crippen molar-refractivity contribution in [3.63, 3.8) is 0 Å². The molecular weight excluding hydrogens is 366 g/mol. The van der Waals surface area contributed by atoms with Crippen molar-refractivity contribution < 1.29 is 18.4 Å². The highest BCUT2D eigenvalue weighted by atomic mass is 19.1. The van der Waals surface area contributed by atoms with Gasteiger partial charge in [0.25, 0.3) is 11.8 Å². The molecule has 2 aromatic carbocycles. The van der Waals surface area contributed by atoms with Crippen LogP contribution in [0.4, 0.5) is 20.2 Å². The summed E-state index contributed by atoms with van der Waals surface area (Å²) in [7, 11) is 0. The van der Waals surface area contributed by atoms with Gasteiger partial charge in [0.15, 0.2) is 0 Å². The number of anilines is 2. The van der Waals surface area contributed by atoms with Gasteiger partial charge in [-0.2, -0.15) is 5.26 Å². The van der Waals surface area contributed by atoms with Gasteiger partial charge >= 0.3 is 0 Å². The monoisotopic (exact) mass is 378 g/mol. The molecule has 1 aromatic heterocycles. The van der Waals surface area contributed by atoms with Crippen LogP contribution in [-0.2, 0) is 0 Å². The van der Waals surface area contributed by atoms with Gasteiger partial charge in [0.2, 0.25) is 0 Å². The van der Waals surface area contributed by atoms with Crippen LogP contribution < -0.4 is 10.6 Å². The van der Waals surface area contributed by atoms with Crippen LogP contribution in [0.25, 0.3) is 0 Å². The molecule has 1 heterocycles. The fraction of sp³-hybridized carbons (Fsp3) is 0. The summed E-state index contributed by atoms with van der Waals surface area (Å²) in [5.74, 6) is -3.25. The normalized spacial score (nSPS) is 10.0. The highest BCUT2D eigenvalue weighted by Crippen LogP contribution is 2.19. The number of nitriles is 1. The second kappa shape index (κ2) is 8.05. The number of carbonyl (C=O) groups excluding carboxylic acids is 2. The Morgan fingerprint density at radius 3 is 2.36 bits per heavy atom. The van der Waals surface area contributed by atoms with Gasteiger partial charge in [-0.15, -0.1) is 0 Å². The Hall–Kier alpha value is -4.12. The van der Waals surface area contributed by atoms with Crippen molar-refractivity contribution in [2.24, 2.45) is 0 Å². The first-order valence-electron chi connectivity index (χ1n) is 8.01. The maximum absolute atomic E-state index is 13.7. The standard InChI is InChI=1S/C20H12F2N4O2/c21-15-5-2-6-16(22)18(15)26-19(27)13-7-8-24-17(10-13)20(28)25-14-4-1-3-12(9-14)11-23/h1-10H,(H,25,28)(H,26,27). The second-order valence-corrected chi connectivity index (χ2v) is 5.63. The van der Waals surface area contributed by atoms with E-state index in [1.165, 1.54) is 30.5 Å². The molecule has 3 rings (SSSR count). The first-order valence-corrected chi connectivity index (χ1v) is 8.01. The minimum Gasteiger partial charge on any atom is -0.321 e. The molecule has 0 fully saturated rings. The smallest absolute Gasteiger partial charge is 0.274 e. The number of hydrogen-bond acceptors (Lipinski definition) is 4.